The van der Waals surface area contributed by atoms with Crippen LogP contribution in [0.25, 0.3) is 0 Å². The van der Waals surface area contributed by atoms with Crippen LogP contribution in [0, 0.1) is 23.7 Å². The van der Waals surface area contributed by atoms with Crippen molar-refractivity contribution < 1.29 is 43.4 Å². The van der Waals surface area contributed by atoms with Gasteiger partial charge in [-0.05, 0) is 44.4 Å². The fraction of sp³-hybridized carbons (Fsp3) is 0.769. The molecule has 1 saturated heterocycles. The van der Waals surface area contributed by atoms with E-state index in [1.54, 1.807) is 33.9 Å². The van der Waals surface area contributed by atoms with E-state index in [0.717, 1.165) is 24.2 Å². The third-order valence-corrected chi connectivity index (χ3v) is 10.3. The average Bonchev–Trinajstić information content (AvgIpc) is 3.63. The summed E-state index contributed by atoms with van der Waals surface area (Å²) in [6, 6.07) is -5.19. The van der Waals surface area contributed by atoms with E-state index < -0.39 is 83.8 Å². The second-order valence-corrected chi connectivity index (χ2v) is 16.0. The van der Waals surface area contributed by atoms with E-state index in [1.807, 2.05) is 20.8 Å². The molecule has 2 heterocycles. The molecule has 0 spiro atoms. The number of imide groups is 1. The van der Waals surface area contributed by atoms with E-state index in [9.17, 15) is 38.7 Å². The maximum absolute atomic E-state index is 14.4. The molecule has 0 saturated carbocycles. The number of β-amino-alcohol motifs (C(OH)–C–C–N with tert-alkyl or cyclic N) is 1. The van der Waals surface area contributed by atoms with Gasteiger partial charge in [0.1, 0.15) is 30.3 Å². The standard InChI is InChI=1S/C39H65N5O9/c1-13-14-15-24(6)19-25(7)36(49)41(11)30(18-22(2)3)35(48)40-33(27(9)53-28(10)45)38(51)42(12)34(23(4)5)39(52)43-21-29(46)20-31(43)37(50)44-26(8)16-17-32(44)47/h16-17,22-27,29-31,33-34,46H,13-15,18-21H2,1-12H3,(H,40,48)/t24?,25?,26?,27?,29-,30-,31-,33?,34-/m0/s1. The Bertz CT molecular complexity index is 1370. The second-order valence-electron chi connectivity index (χ2n) is 16.0. The first-order chi connectivity index (χ1) is 24.6. The number of amides is 6. The molecule has 14 nitrogen and oxygen atoms in total. The van der Waals surface area contributed by atoms with Gasteiger partial charge in [0.25, 0.3) is 11.8 Å². The predicted octanol–water partition coefficient (Wildman–Crippen LogP) is 2.91. The molecule has 300 valence electrons. The normalized spacial score (nSPS) is 21.9. The van der Waals surface area contributed by atoms with Crippen LogP contribution in [0.4, 0.5) is 0 Å². The van der Waals surface area contributed by atoms with Gasteiger partial charge in [0.05, 0.1) is 12.1 Å². The van der Waals surface area contributed by atoms with Crippen molar-refractivity contribution in [2.24, 2.45) is 23.7 Å². The topological polar surface area (TPSA) is 174 Å². The Morgan fingerprint density at radius 2 is 1.60 bits per heavy atom. The number of hydrogen-bond acceptors (Lipinski definition) is 9. The summed E-state index contributed by atoms with van der Waals surface area (Å²) < 4.78 is 5.41. The molecular weight excluding hydrogens is 682 g/mol. The van der Waals surface area contributed by atoms with E-state index in [-0.39, 0.29) is 30.7 Å². The molecule has 0 radical (unpaired) electrons. The molecule has 0 aromatic carbocycles. The zero-order valence-corrected chi connectivity index (χ0v) is 34.0. The lowest BCUT2D eigenvalue weighted by Gasteiger charge is -2.38. The molecule has 6 amide bonds. The van der Waals surface area contributed by atoms with Gasteiger partial charge < -0.3 is 29.9 Å². The van der Waals surface area contributed by atoms with Gasteiger partial charge in [0.15, 0.2) is 0 Å². The van der Waals surface area contributed by atoms with Crippen LogP contribution in [-0.4, -0.2) is 129 Å². The zero-order chi connectivity index (χ0) is 40.5. The summed E-state index contributed by atoms with van der Waals surface area (Å²) in [6.07, 6.45) is 4.71. The Morgan fingerprint density at radius 3 is 2.11 bits per heavy atom. The van der Waals surface area contributed by atoms with Crippen LogP contribution in [0.1, 0.15) is 108 Å². The summed E-state index contributed by atoms with van der Waals surface area (Å²) in [5.74, 6) is -4.47. The van der Waals surface area contributed by atoms with Gasteiger partial charge >= 0.3 is 5.97 Å². The van der Waals surface area contributed by atoms with Crippen LogP contribution in [0.2, 0.25) is 0 Å². The summed E-state index contributed by atoms with van der Waals surface area (Å²) >= 11 is 0. The van der Waals surface area contributed by atoms with Gasteiger partial charge in [-0.2, -0.15) is 0 Å². The molecule has 5 unspecified atom stereocenters. The molecule has 14 heteroatoms. The molecule has 2 N–H and O–H groups in total. The summed E-state index contributed by atoms with van der Waals surface area (Å²) in [7, 11) is 2.98. The number of hydrogen-bond donors (Lipinski definition) is 2. The van der Waals surface area contributed by atoms with E-state index in [1.165, 1.54) is 41.7 Å². The Kier molecular flexibility index (Phi) is 17.1. The number of nitrogens with zero attached hydrogens (tertiary/aromatic N) is 4. The highest BCUT2D eigenvalue weighted by atomic mass is 16.5. The van der Waals surface area contributed by atoms with Crippen molar-refractivity contribution in [2.75, 3.05) is 20.6 Å². The van der Waals surface area contributed by atoms with Crippen molar-refractivity contribution in [3.63, 3.8) is 0 Å². The maximum Gasteiger partial charge on any atom is 0.302 e. The van der Waals surface area contributed by atoms with Crippen molar-refractivity contribution >= 4 is 41.4 Å². The number of aliphatic hydroxyl groups is 1. The van der Waals surface area contributed by atoms with Crippen molar-refractivity contribution in [1.82, 2.24) is 24.9 Å². The number of likely N-dealkylation sites (tertiary alicyclic amines) is 1. The summed E-state index contributed by atoms with van der Waals surface area (Å²) in [6.45, 7) is 17.5. The molecule has 2 aliphatic heterocycles. The quantitative estimate of drug-likeness (QED) is 0.158. The lowest BCUT2D eigenvalue weighted by Crippen LogP contribution is -2.62. The largest absolute Gasteiger partial charge is 0.460 e. The third kappa shape index (κ3) is 11.8. The molecule has 53 heavy (non-hydrogen) atoms. The van der Waals surface area contributed by atoms with Crippen molar-refractivity contribution in [3.05, 3.63) is 12.2 Å². The Balaban J connectivity index is 2.41. The summed E-state index contributed by atoms with van der Waals surface area (Å²) in [5.41, 5.74) is 0. The van der Waals surface area contributed by atoms with Crippen LogP contribution in [-0.2, 0) is 38.3 Å². The van der Waals surface area contributed by atoms with Gasteiger partial charge in [-0.15, -0.1) is 0 Å². The third-order valence-electron chi connectivity index (χ3n) is 10.3. The monoisotopic (exact) mass is 747 g/mol. The number of esters is 1. The molecule has 1 fully saturated rings. The van der Waals surface area contributed by atoms with Crippen molar-refractivity contribution in [2.45, 2.75) is 150 Å². The molecule has 2 rings (SSSR count). The first kappa shape index (κ1) is 45.3. The van der Waals surface area contributed by atoms with Gasteiger partial charge in [-0.3, -0.25) is 38.5 Å². The highest BCUT2D eigenvalue weighted by molar-refractivity contribution is 6.06. The first-order valence-corrected chi connectivity index (χ1v) is 19.2. The first-order valence-electron chi connectivity index (χ1n) is 19.2. The number of unbranched alkanes of at least 4 members (excludes halogenated alkanes) is 1. The summed E-state index contributed by atoms with van der Waals surface area (Å²) in [5, 5.41) is 13.4. The number of aliphatic hydroxyl groups excluding tert-OH is 1. The minimum Gasteiger partial charge on any atom is -0.460 e. The van der Waals surface area contributed by atoms with Gasteiger partial charge in [-0.1, -0.05) is 73.8 Å². The van der Waals surface area contributed by atoms with Crippen molar-refractivity contribution in [1.29, 1.82) is 0 Å². The van der Waals surface area contributed by atoms with Gasteiger partial charge in [0, 0.05) is 46.0 Å². The maximum atomic E-state index is 14.4. The molecule has 0 aromatic heterocycles. The molecular formula is C39H65N5O9. The minimum atomic E-state index is -1.44. The number of rotatable bonds is 18. The second kappa shape index (κ2) is 20.0. The van der Waals surface area contributed by atoms with Crippen LogP contribution < -0.4 is 5.32 Å². The van der Waals surface area contributed by atoms with E-state index in [2.05, 4.69) is 19.2 Å². The average molecular weight is 748 g/mol. The van der Waals surface area contributed by atoms with E-state index in [0.29, 0.717) is 18.8 Å². The van der Waals surface area contributed by atoms with Gasteiger partial charge in [-0.25, -0.2) is 0 Å². The SMILES string of the molecule is CCCCC(C)CC(C)C(=O)N(C)[C@@H](CC(C)C)C(=O)NC(C(=O)N(C)[C@H](C(=O)N1C[C@@H](O)C[C@H]1C(=O)N1C(=O)C=CC1C)C(C)C)C(C)OC(C)=O. The van der Waals surface area contributed by atoms with E-state index >= 15 is 0 Å². The Morgan fingerprint density at radius 1 is 0.981 bits per heavy atom. The fourth-order valence-corrected chi connectivity index (χ4v) is 7.50. The van der Waals surface area contributed by atoms with Crippen LogP contribution in [0.5, 0.6) is 0 Å². The molecule has 9 atom stereocenters. The predicted molar refractivity (Wildman–Crippen MR) is 200 cm³/mol. The smallest absolute Gasteiger partial charge is 0.302 e. The van der Waals surface area contributed by atoms with Crippen LogP contribution >= 0.6 is 0 Å². The molecule has 0 aliphatic carbocycles. The molecule has 0 bridgehead atoms. The fourth-order valence-electron chi connectivity index (χ4n) is 7.50. The number of carbonyl (C=O) groups is 7. The van der Waals surface area contributed by atoms with Crippen LogP contribution in [0.15, 0.2) is 12.2 Å². The number of carbonyl (C=O) groups excluding carboxylic acids is 7. The lowest BCUT2D eigenvalue weighted by atomic mass is 9.91. The minimum absolute atomic E-state index is 0.00605. The molecule has 0 aromatic rings. The zero-order valence-electron chi connectivity index (χ0n) is 34.0. The highest BCUT2D eigenvalue weighted by Crippen LogP contribution is 2.27. The van der Waals surface area contributed by atoms with Gasteiger partial charge in [0.2, 0.25) is 23.6 Å². The Labute approximate surface area is 316 Å². The van der Waals surface area contributed by atoms with Crippen LogP contribution in [0.3, 0.4) is 0 Å². The Hall–Kier alpha value is -3.81. The molecule has 2 aliphatic rings. The number of likely N-dealkylation sites (N-methyl/N-ethyl adjacent to an activating group) is 2. The number of nitrogens with one attached hydrogen (secondary N) is 1. The highest BCUT2D eigenvalue weighted by Gasteiger charge is 2.48. The lowest BCUT2D eigenvalue weighted by molar-refractivity contribution is -0.157. The van der Waals surface area contributed by atoms with E-state index in [4.69, 9.17) is 4.74 Å². The summed E-state index contributed by atoms with van der Waals surface area (Å²) in [4.78, 5) is 99.5. The number of ether oxygens (including phenoxy) is 1. The van der Waals surface area contributed by atoms with Crippen molar-refractivity contribution in [3.8, 4) is 0 Å².